The first-order chi connectivity index (χ1) is 10.7. The number of rotatable bonds is 16. The molecule has 0 aliphatic carbocycles. The van der Waals surface area contributed by atoms with Crippen molar-refractivity contribution in [1.82, 2.24) is 0 Å². The molecule has 0 aromatic rings. The van der Waals surface area contributed by atoms with Crippen molar-refractivity contribution in [1.29, 1.82) is 0 Å². The summed E-state index contributed by atoms with van der Waals surface area (Å²) in [6.07, 6.45) is 14.8. The highest BCUT2D eigenvalue weighted by atomic mass is 28.4. The Morgan fingerprint density at radius 2 is 1.14 bits per heavy atom. The third kappa shape index (κ3) is 11.4. The standard InChI is InChI=1S/C18H38O3Si/c1-5-9-10-11-12-13-14-15-16-17-18-22(19-6-2,20-7-3)21-8-4/h5,9H,6-8,10-18H2,1-4H3. The lowest BCUT2D eigenvalue weighted by Gasteiger charge is -2.28. The molecule has 0 aliphatic rings. The van der Waals surface area contributed by atoms with Crippen LogP contribution in [0.3, 0.4) is 0 Å². The molecule has 0 bridgehead atoms. The molecule has 0 aliphatic heterocycles. The summed E-state index contributed by atoms with van der Waals surface area (Å²) in [5.74, 6) is 0. The van der Waals surface area contributed by atoms with Crippen molar-refractivity contribution in [3.8, 4) is 0 Å². The quantitative estimate of drug-likeness (QED) is 0.205. The highest BCUT2D eigenvalue weighted by Crippen LogP contribution is 2.20. The van der Waals surface area contributed by atoms with Crippen LogP contribution in [0.4, 0.5) is 0 Å². The zero-order chi connectivity index (χ0) is 16.5. The molecule has 0 saturated carbocycles. The van der Waals surface area contributed by atoms with E-state index in [1.54, 1.807) is 0 Å². The molecule has 0 aromatic carbocycles. The molecule has 0 radical (unpaired) electrons. The van der Waals surface area contributed by atoms with Crippen molar-refractivity contribution >= 4 is 8.80 Å². The minimum atomic E-state index is -2.39. The van der Waals surface area contributed by atoms with Gasteiger partial charge in [0, 0.05) is 25.9 Å². The van der Waals surface area contributed by atoms with Crippen LogP contribution in [0.15, 0.2) is 12.2 Å². The molecular weight excluding hydrogens is 292 g/mol. The van der Waals surface area contributed by atoms with Crippen molar-refractivity contribution < 1.29 is 13.3 Å². The van der Waals surface area contributed by atoms with E-state index in [9.17, 15) is 0 Å². The SMILES string of the molecule is CC=CCCCCCCCCC[Si](OCC)(OCC)OCC. The molecule has 0 unspecified atom stereocenters. The van der Waals surface area contributed by atoms with E-state index in [-0.39, 0.29) is 0 Å². The van der Waals surface area contributed by atoms with Gasteiger partial charge in [0.2, 0.25) is 0 Å². The predicted molar refractivity (Wildman–Crippen MR) is 97.2 cm³/mol. The van der Waals surface area contributed by atoms with Crippen LogP contribution in [-0.4, -0.2) is 28.6 Å². The van der Waals surface area contributed by atoms with Crippen LogP contribution in [0.2, 0.25) is 6.04 Å². The second-order valence-corrected chi connectivity index (χ2v) is 8.30. The Hall–Kier alpha value is -0.163. The van der Waals surface area contributed by atoms with Gasteiger partial charge in [0.1, 0.15) is 0 Å². The van der Waals surface area contributed by atoms with Gasteiger partial charge in [-0.3, -0.25) is 0 Å². The highest BCUT2D eigenvalue weighted by Gasteiger charge is 2.39. The summed E-state index contributed by atoms with van der Waals surface area (Å²) >= 11 is 0. The van der Waals surface area contributed by atoms with Gasteiger partial charge in [-0.05, 0) is 47.0 Å². The Morgan fingerprint density at radius 1 is 0.682 bits per heavy atom. The summed E-state index contributed by atoms with van der Waals surface area (Å²) in [5, 5.41) is 0. The molecule has 22 heavy (non-hydrogen) atoms. The lowest BCUT2D eigenvalue weighted by Crippen LogP contribution is -2.45. The minimum Gasteiger partial charge on any atom is -0.374 e. The van der Waals surface area contributed by atoms with Gasteiger partial charge in [-0.1, -0.05) is 44.3 Å². The average molecular weight is 331 g/mol. The zero-order valence-corrected chi connectivity index (χ0v) is 16.4. The van der Waals surface area contributed by atoms with Gasteiger partial charge >= 0.3 is 8.80 Å². The number of hydrogen-bond donors (Lipinski definition) is 0. The van der Waals surface area contributed by atoms with Crippen molar-refractivity contribution in [2.24, 2.45) is 0 Å². The first-order valence-electron chi connectivity index (χ1n) is 9.27. The normalized spacial score (nSPS) is 12.4. The molecule has 132 valence electrons. The largest absolute Gasteiger partial charge is 0.500 e. The number of allylic oxidation sites excluding steroid dienone is 2. The van der Waals surface area contributed by atoms with Crippen molar-refractivity contribution in [2.75, 3.05) is 19.8 Å². The van der Waals surface area contributed by atoms with Crippen molar-refractivity contribution in [3.05, 3.63) is 12.2 Å². The Morgan fingerprint density at radius 3 is 1.59 bits per heavy atom. The number of unbranched alkanes of at least 4 members (excludes halogenated alkanes) is 7. The monoisotopic (exact) mass is 330 g/mol. The smallest absolute Gasteiger partial charge is 0.374 e. The van der Waals surface area contributed by atoms with E-state index in [2.05, 4.69) is 19.1 Å². The Balaban J connectivity index is 3.74. The van der Waals surface area contributed by atoms with E-state index in [1.807, 2.05) is 20.8 Å². The molecule has 0 heterocycles. The van der Waals surface area contributed by atoms with Gasteiger partial charge < -0.3 is 13.3 Å². The third-order valence-corrected chi connectivity index (χ3v) is 6.83. The fraction of sp³-hybridized carbons (Fsp3) is 0.889. The van der Waals surface area contributed by atoms with Crippen LogP contribution in [0.1, 0.15) is 79.1 Å². The topological polar surface area (TPSA) is 27.7 Å². The van der Waals surface area contributed by atoms with E-state index in [0.717, 1.165) is 12.5 Å². The van der Waals surface area contributed by atoms with E-state index < -0.39 is 8.80 Å². The van der Waals surface area contributed by atoms with Crippen LogP contribution >= 0.6 is 0 Å². The lowest BCUT2D eigenvalue weighted by molar-refractivity contribution is 0.0706. The molecular formula is C18H38O3Si. The molecule has 0 aromatic heterocycles. The summed E-state index contributed by atoms with van der Waals surface area (Å²) < 4.78 is 17.6. The number of hydrogen-bond acceptors (Lipinski definition) is 3. The summed E-state index contributed by atoms with van der Waals surface area (Å²) in [6, 6.07) is 0.962. The van der Waals surface area contributed by atoms with Gasteiger partial charge in [-0.25, -0.2) is 0 Å². The Kier molecular flexibility index (Phi) is 15.6. The van der Waals surface area contributed by atoms with Crippen LogP contribution in [0.25, 0.3) is 0 Å². The van der Waals surface area contributed by atoms with Crippen molar-refractivity contribution in [3.63, 3.8) is 0 Å². The molecule has 3 nitrogen and oxygen atoms in total. The predicted octanol–water partition coefficient (Wildman–Crippen LogP) is 5.73. The zero-order valence-electron chi connectivity index (χ0n) is 15.4. The first kappa shape index (κ1) is 21.8. The molecule has 4 heteroatoms. The summed E-state index contributed by atoms with van der Waals surface area (Å²) in [7, 11) is -2.39. The van der Waals surface area contributed by atoms with E-state index in [4.69, 9.17) is 13.3 Å². The first-order valence-corrected chi connectivity index (χ1v) is 11.2. The van der Waals surface area contributed by atoms with Gasteiger partial charge in [0.05, 0.1) is 0 Å². The minimum absolute atomic E-state index is 0.679. The summed E-state index contributed by atoms with van der Waals surface area (Å²) in [5.41, 5.74) is 0. The van der Waals surface area contributed by atoms with Gasteiger partial charge in [-0.2, -0.15) is 0 Å². The van der Waals surface area contributed by atoms with E-state index in [0.29, 0.717) is 19.8 Å². The summed E-state index contributed by atoms with van der Waals surface area (Å²) in [6.45, 7) is 10.2. The third-order valence-electron chi connectivity index (χ3n) is 3.68. The van der Waals surface area contributed by atoms with Gasteiger partial charge in [0.25, 0.3) is 0 Å². The fourth-order valence-corrected chi connectivity index (χ4v) is 5.34. The van der Waals surface area contributed by atoms with Crippen LogP contribution < -0.4 is 0 Å². The van der Waals surface area contributed by atoms with Crippen LogP contribution in [-0.2, 0) is 13.3 Å². The average Bonchev–Trinajstić information content (AvgIpc) is 2.50. The second kappa shape index (κ2) is 15.7. The second-order valence-electron chi connectivity index (χ2n) is 5.56. The van der Waals surface area contributed by atoms with E-state index >= 15 is 0 Å². The molecule has 0 fully saturated rings. The molecule has 0 atom stereocenters. The van der Waals surface area contributed by atoms with Crippen LogP contribution in [0, 0.1) is 0 Å². The van der Waals surface area contributed by atoms with Gasteiger partial charge in [-0.15, -0.1) is 0 Å². The molecule has 0 amide bonds. The Labute approximate surface area is 139 Å². The maximum absolute atomic E-state index is 5.88. The molecule has 0 spiro atoms. The fourth-order valence-electron chi connectivity index (χ4n) is 2.66. The molecule has 0 N–H and O–H groups in total. The molecule has 0 saturated heterocycles. The maximum atomic E-state index is 5.88. The summed E-state index contributed by atoms with van der Waals surface area (Å²) in [4.78, 5) is 0. The van der Waals surface area contributed by atoms with Crippen molar-refractivity contribution in [2.45, 2.75) is 85.1 Å². The van der Waals surface area contributed by atoms with Gasteiger partial charge in [0.15, 0.2) is 0 Å². The lowest BCUT2D eigenvalue weighted by atomic mass is 10.1. The maximum Gasteiger partial charge on any atom is 0.500 e. The Bertz CT molecular complexity index is 240. The molecule has 0 rings (SSSR count). The van der Waals surface area contributed by atoms with E-state index in [1.165, 1.54) is 44.9 Å². The highest BCUT2D eigenvalue weighted by molar-refractivity contribution is 6.60. The van der Waals surface area contributed by atoms with Crippen LogP contribution in [0.5, 0.6) is 0 Å².